The molecule has 1 heterocycles. The Morgan fingerprint density at radius 2 is 1.95 bits per heavy atom. The van der Waals surface area contributed by atoms with Crippen molar-refractivity contribution < 1.29 is 19.1 Å². The van der Waals surface area contributed by atoms with Crippen LogP contribution in [0.25, 0.3) is 0 Å². The smallest absolute Gasteiger partial charge is 0.323 e. The molecular formula is C15H15FN2O3. The Hall–Kier alpha value is -2.63. The van der Waals surface area contributed by atoms with Crippen LogP contribution in [0.2, 0.25) is 0 Å². The SMILES string of the molecule is CN(Cc1ccccc1F)C(=O)c1cccn1CC(=O)O. The second-order valence-corrected chi connectivity index (χ2v) is 4.67. The molecule has 1 amide bonds. The van der Waals surface area contributed by atoms with Gasteiger partial charge in [0.05, 0.1) is 0 Å². The first-order valence-electron chi connectivity index (χ1n) is 6.35. The third-order valence-corrected chi connectivity index (χ3v) is 3.07. The molecule has 0 aliphatic rings. The van der Waals surface area contributed by atoms with E-state index in [4.69, 9.17) is 5.11 Å². The topological polar surface area (TPSA) is 62.5 Å². The first-order chi connectivity index (χ1) is 9.99. The first kappa shape index (κ1) is 14.8. The van der Waals surface area contributed by atoms with Crippen molar-refractivity contribution in [2.24, 2.45) is 0 Å². The first-order valence-corrected chi connectivity index (χ1v) is 6.35. The van der Waals surface area contributed by atoms with Gasteiger partial charge in [-0.25, -0.2) is 4.39 Å². The lowest BCUT2D eigenvalue weighted by Crippen LogP contribution is -2.29. The van der Waals surface area contributed by atoms with Gasteiger partial charge >= 0.3 is 5.97 Å². The van der Waals surface area contributed by atoms with Gasteiger partial charge in [-0.15, -0.1) is 0 Å². The van der Waals surface area contributed by atoms with E-state index in [1.54, 1.807) is 37.4 Å². The monoisotopic (exact) mass is 290 g/mol. The zero-order valence-electron chi connectivity index (χ0n) is 11.5. The minimum Gasteiger partial charge on any atom is -0.480 e. The molecule has 0 fully saturated rings. The van der Waals surface area contributed by atoms with Crippen LogP contribution < -0.4 is 0 Å². The summed E-state index contributed by atoms with van der Waals surface area (Å²) in [6.45, 7) is -0.175. The fourth-order valence-electron chi connectivity index (χ4n) is 2.04. The van der Waals surface area contributed by atoms with Gasteiger partial charge in [-0.1, -0.05) is 18.2 Å². The van der Waals surface area contributed by atoms with Gasteiger partial charge in [0.25, 0.3) is 5.91 Å². The van der Waals surface area contributed by atoms with Crippen molar-refractivity contribution in [3.05, 3.63) is 59.7 Å². The zero-order chi connectivity index (χ0) is 15.4. The molecule has 0 saturated heterocycles. The Balaban J connectivity index is 2.15. The summed E-state index contributed by atoms with van der Waals surface area (Å²) in [6.07, 6.45) is 1.53. The fraction of sp³-hybridized carbons (Fsp3) is 0.200. The summed E-state index contributed by atoms with van der Waals surface area (Å²) in [6, 6.07) is 9.37. The molecule has 0 bridgehead atoms. The average molecular weight is 290 g/mol. The molecule has 0 aliphatic heterocycles. The molecule has 5 nitrogen and oxygen atoms in total. The van der Waals surface area contributed by atoms with E-state index in [0.29, 0.717) is 5.56 Å². The summed E-state index contributed by atoms with van der Waals surface area (Å²) in [4.78, 5) is 24.4. The number of carboxylic acid groups (broad SMARTS) is 1. The van der Waals surface area contributed by atoms with Crippen molar-refractivity contribution in [1.29, 1.82) is 0 Å². The Morgan fingerprint density at radius 3 is 2.62 bits per heavy atom. The highest BCUT2D eigenvalue weighted by Crippen LogP contribution is 2.12. The van der Waals surface area contributed by atoms with Crippen LogP contribution in [0.1, 0.15) is 16.1 Å². The second-order valence-electron chi connectivity index (χ2n) is 4.67. The van der Waals surface area contributed by atoms with Crippen LogP contribution in [0.15, 0.2) is 42.6 Å². The lowest BCUT2D eigenvalue weighted by molar-refractivity contribution is -0.137. The number of benzene rings is 1. The van der Waals surface area contributed by atoms with Gasteiger partial charge in [-0.05, 0) is 18.2 Å². The molecule has 1 aromatic carbocycles. The highest BCUT2D eigenvalue weighted by atomic mass is 19.1. The third kappa shape index (κ3) is 3.47. The van der Waals surface area contributed by atoms with Gasteiger partial charge in [0, 0.05) is 25.4 Å². The molecule has 2 rings (SSSR count). The number of hydrogen-bond acceptors (Lipinski definition) is 2. The summed E-state index contributed by atoms with van der Waals surface area (Å²) in [5.41, 5.74) is 0.668. The number of aliphatic carboxylic acids is 1. The van der Waals surface area contributed by atoms with Crippen molar-refractivity contribution >= 4 is 11.9 Å². The predicted molar refractivity (Wildman–Crippen MR) is 74.3 cm³/mol. The summed E-state index contributed by atoms with van der Waals surface area (Å²) < 4.78 is 14.9. The van der Waals surface area contributed by atoms with Gasteiger partial charge in [-0.2, -0.15) is 0 Å². The van der Waals surface area contributed by atoms with Gasteiger partial charge in [0.1, 0.15) is 18.1 Å². The molecule has 2 aromatic rings. The van der Waals surface area contributed by atoms with Gasteiger partial charge in [0.2, 0.25) is 0 Å². The van der Waals surface area contributed by atoms with E-state index >= 15 is 0 Å². The van der Waals surface area contributed by atoms with Crippen LogP contribution in [-0.2, 0) is 17.9 Å². The summed E-state index contributed by atoms with van der Waals surface area (Å²) in [5, 5.41) is 8.81. The van der Waals surface area contributed by atoms with Crippen molar-refractivity contribution in [3.63, 3.8) is 0 Å². The van der Waals surface area contributed by atoms with E-state index in [-0.39, 0.29) is 30.5 Å². The minimum atomic E-state index is -1.03. The van der Waals surface area contributed by atoms with Crippen molar-refractivity contribution in [3.8, 4) is 0 Å². The molecule has 0 radical (unpaired) electrons. The summed E-state index contributed by atoms with van der Waals surface area (Å²) in [7, 11) is 1.55. The predicted octanol–water partition coefficient (Wildman–Crippen LogP) is 1.98. The molecule has 1 aromatic heterocycles. The van der Waals surface area contributed by atoms with Gasteiger partial charge < -0.3 is 14.6 Å². The van der Waals surface area contributed by atoms with Crippen molar-refractivity contribution in [1.82, 2.24) is 9.47 Å². The van der Waals surface area contributed by atoms with Crippen LogP contribution >= 0.6 is 0 Å². The lowest BCUT2D eigenvalue weighted by atomic mass is 10.2. The Kier molecular flexibility index (Phi) is 4.37. The van der Waals surface area contributed by atoms with Crippen LogP contribution in [0.3, 0.4) is 0 Å². The number of carboxylic acids is 1. The number of nitrogens with zero attached hydrogens (tertiary/aromatic N) is 2. The lowest BCUT2D eigenvalue weighted by Gasteiger charge is -2.18. The van der Waals surface area contributed by atoms with E-state index in [1.807, 2.05) is 0 Å². The average Bonchev–Trinajstić information content (AvgIpc) is 2.87. The molecule has 0 spiro atoms. The molecular weight excluding hydrogens is 275 g/mol. The van der Waals surface area contributed by atoms with Crippen molar-refractivity contribution in [2.45, 2.75) is 13.1 Å². The maximum atomic E-state index is 13.6. The molecule has 110 valence electrons. The number of hydrogen-bond donors (Lipinski definition) is 1. The molecule has 0 unspecified atom stereocenters. The molecule has 6 heteroatoms. The zero-order valence-corrected chi connectivity index (χ0v) is 11.5. The van der Waals surface area contributed by atoms with Crippen LogP contribution in [0, 0.1) is 5.82 Å². The Bertz CT molecular complexity index is 666. The Morgan fingerprint density at radius 1 is 1.24 bits per heavy atom. The standard InChI is InChI=1S/C15H15FN2O3/c1-17(9-11-5-2-3-6-12(11)16)15(21)13-7-4-8-18(13)10-14(19)20/h2-8H,9-10H2,1H3,(H,19,20). The van der Waals surface area contributed by atoms with E-state index < -0.39 is 5.97 Å². The third-order valence-electron chi connectivity index (χ3n) is 3.07. The largest absolute Gasteiger partial charge is 0.480 e. The van der Waals surface area contributed by atoms with Crippen LogP contribution in [0.4, 0.5) is 4.39 Å². The minimum absolute atomic E-state index is 0.115. The van der Waals surface area contributed by atoms with E-state index in [0.717, 1.165) is 0 Å². The van der Waals surface area contributed by atoms with E-state index in [1.165, 1.54) is 21.7 Å². The maximum absolute atomic E-state index is 13.6. The van der Waals surface area contributed by atoms with E-state index in [9.17, 15) is 14.0 Å². The van der Waals surface area contributed by atoms with Crippen LogP contribution in [-0.4, -0.2) is 33.5 Å². The van der Waals surface area contributed by atoms with E-state index in [2.05, 4.69) is 0 Å². The second kappa shape index (κ2) is 6.21. The number of carbonyl (C=O) groups is 2. The summed E-state index contributed by atoms with van der Waals surface area (Å²) >= 11 is 0. The Labute approximate surface area is 121 Å². The van der Waals surface area contributed by atoms with Gasteiger partial charge in [-0.3, -0.25) is 9.59 Å². The number of halogens is 1. The molecule has 21 heavy (non-hydrogen) atoms. The highest BCUT2D eigenvalue weighted by molar-refractivity contribution is 5.93. The summed E-state index contributed by atoms with van der Waals surface area (Å²) in [5.74, 6) is -1.76. The fourth-order valence-corrected chi connectivity index (χ4v) is 2.04. The number of rotatable bonds is 5. The number of carbonyl (C=O) groups excluding carboxylic acids is 1. The molecule has 0 aliphatic carbocycles. The number of amides is 1. The molecule has 1 N–H and O–H groups in total. The normalized spacial score (nSPS) is 10.4. The highest BCUT2D eigenvalue weighted by Gasteiger charge is 2.17. The van der Waals surface area contributed by atoms with Gasteiger partial charge in [0.15, 0.2) is 0 Å². The van der Waals surface area contributed by atoms with Crippen LogP contribution in [0.5, 0.6) is 0 Å². The molecule has 0 saturated carbocycles. The van der Waals surface area contributed by atoms with Crippen molar-refractivity contribution in [2.75, 3.05) is 7.05 Å². The number of aromatic nitrogens is 1. The maximum Gasteiger partial charge on any atom is 0.323 e. The molecule has 0 atom stereocenters. The quantitative estimate of drug-likeness (QED) is 0.916.